The fraction of sp³-hybridized carbons (Fsp3) is 0.100. The minimum atomic E-state index is -0.731. The lowest BCUT2D eigenvalue weighted by Gasteiger charge is -2.36. The van der Waals surface area contributed by atoms with Crippen molar-refractivity contribution in [3.8, 4) is 11.5 Å². The number of carbonyl (C=O) groups excluding carboxylic acids is 1. The number of aryl methyl sites for hydroxylation is 1. The van der Waals surface area contributed by atoms with Crippen LogP contribution < -0.4 is 9.47 Å². The molecule has 1 aliphatic rings. The second-order valence-electron chi connectivity index (χ2n) is 8.50. The molecule has 36 heavy (non-hydrogen) atoms. The topological polar surface area (TPSA) is 78.7 Å². The van der Waals surface area contributed by atoms with Gasteiger partial charge in [-0.1, -0.05) is 72.8 Å². The number of rotatable bonds is 7. The molecule has 0 aliphatic carbocycles. The van der Waals surface area contributed by atoms with Gasteiger partial charge in [0.2, 0.25) is 0 Å². The predicted molar refractivity (Wildman–Crippen MR) is 137 cm³/mol. The molecular weight excluding hydrogens is 454 g/mol. The molecule has 178 valence electrons. The van der Waals surface area contributed by atoms with E-state index in [2.05, 4.69) is 36.4 Å². The maximum atomic E-state index is 12.3. The maximum absolute atomic E-state index is 12.3. The first-order valence-electron chi connectivity index (χ1n) is 11.6. The van der Waals surface area contributed by atoms with E-state index in [9.17, 15) is 14.9 Å². The average Bonchev–Trinajstić information content (AvgIpc) is 2.93. The summed E-state index contributed by atoms with van der Waals surface area (Å²) in [6, 6.07) is 31.6. The van der Waals surface area contributed by atoms with E-state index in [4.69, 9.17) is 9.47 Å². The molecule has 1 aliphatic heterocycles. The summed E-state index contributed by atoms with van der Waals surface area (Å²) < 4.78 is 12.0. The van der Waals surface area contributed by atoms with Crippen molar-refractivity contribution in [1.82, 2.24) is 0 Å². The van der Waals surface area contributed by atoms with Gasteiger partial charge in [0.15, 0.2) is 5.60 Å². The normalized spacial score (nSPS) is 13.3. The van der Waals surface area contributed by atoms with Crippen LogP contribution in [-0.2, 0) is 16.8 Å². The van der Waals surface area contributed by atoms with Crippen LogP contribution in [0.4, 0.5) is 5.69 Å². The third-order valence-electron chi connectivity index (χ3n) is 6.15. The number of nitro groups is 1. The zero-order chi connectivity index (χ0) is 25.0. The number of nitrogens with zero attached hydrogens (tertiary/aromatic N) is 1. The summed E-state index contributed by atoms with van der Waals surface area (Å²) in [7, 11) is 0. The molecule has 0 spiro atoms. The molecule has 1 heterocycles. The highest BCUT2D eigenvalue weighted by molar-refractivity contribution is 5.73. The van der Waals surface area contributed by atoms with E-state index in [0.29, 0.717) is 6.42 Å². The lowest BCUT2D eigenvalue weighted by Crippen LogP contribution is -2.34. The number of hydrogen-bond acceptors (Lipinski definition) is 5. The summed E-state index contributed by atoms with van der Waals surface area (Å²) >= 11 is 0. The molecule has 6 nitrogen and oxygen atoms in total. The molecule has 0 N–H and O–H groups in total. The van der Waals surface area contributed by atoms with Crippen LogP contribution in [0.1, 0.15) is 28.7 Å². The van der Waals surface area contributed by atoms with Gasteiger partial charge in [-0.15, -0.1) is 0 Å². The van der Waals surface area contributed by atoms with Crippen LogP contribution in [0, 0.1) is 10.1 Å². The molecule has 0 aromatic heterocycles. The first-order chi connectivity index (χ1) is 17.5. The van der Waals surface area contributed by atoms with Gasteiger partial charge in [-0.25, -0.2) is 0 Å². The molecule has 0 fully saturated rings. The maximum Gasteiger partial charge on any atom is 0.311 e. The van der Waals surface area contributed by atoms with Crippen LogP contribution >= 0.6 is 0 Å². The number of carbonyl (C=O) groups is 1. The Hall–Kier alpha value is -4.71. The third kappa shape index (κ3) is 4.74. The summed E-state index contributed by atoms with van der Waals surface area (Å²) in [5.74, 6) is 0.647. The van der Waals surface area contributed by atoms with E-state index in [1.165, 1.54) is 24.3 Å². The molecule has 0 amide bonds. The number of hydrogen-bond donors (Lipinski definition) is 0. The largest absolute Gasteiger partial charge is 0.473 e. The smallest absolute Gasteiger partial charge is 0.311 e. The molecule has 4 aromatic carbocycles. The summed E-state index contributed by atoms with van der Waals surface area (Å²) in [6.07, 6.45) is 4.82. The highest BCUT2D eigenvalue weighted by Gasteiger charge is 2.36. The van der Waals surface area contributed by atoms with Crippen LogP contribution in [0.5, 0.6) is 11.5 Å². The Labute approximate surface area is 208 Å². The molecule has 0 saturated heterocycles. The van der Waals surface area contributed by atoms with Crippen molar-refractivity contribution < 1.29 is 19.2 Å². The highest BCUT2D eigenvalue weighted by atomic mass is 16.6. The van der Waals surface area contributed by atoms with Crippen molar-refractivity contribution in [2.24, 2.45) is 0 Å². The Morgan fingerprint density at radius 1 is 0.861 bits per heavy atom. The number of non-ortho nitro benzene ring substituents is 1. The van der Waals surface area contributed by atoms with E-state index in [1.807, 2.05) is 54.6 Å². The first kappa shape index (κ1) is 23.1. The zero-order valence-electron chi connectivity index (χ0n) is 19.4. The fourth-order valence-corrected chi connectivity index (χ4v) is 4.30. The fourth-order valence-electron chi connectivity index (χ4n) is 4.30. The minimum absolute atomic E-state index is 0.0531. The van der Waals surface area contributed by atoms with Crippen LogP contribution in [-0.4, -0.2) is 10.9 Å². The van der Waals surface area contributed by atoms with Crippen molar-refractivity contribution in [2.75, 3.05) is 0 Å². The van der Waals surface area contributed by atoms with E-state index >= 15 is 0 Å². The van der Waals surface area contributed by atoms with Gasteiger partial charge in [-0.2, -0.15) is 0 Å². The summed E-state index contributed by atoms with van der Waals surface area (Å²) in [5, 5.41) is 10.8. The molecule has 6 heteroatoms. The molecule has 0 unspecified atom stereocenters. The number of esters is 1. The third-order valence-corrected chi connectivity index (χ3v) is 6.15. The van der Waals surface area contributed by atoms with Crippen molar-refractivity contribution in [1.29, 1.82) is 0 Å². The zero-order valence-corrected chi connectivity index (χ0v) is 19.4. The summed E-state index contributed by atoms with van der Waals surface area (Å²) in [5.41, 5.74) is 3.22. The second kappa shape index (κ2) is 9.88. The Kier molecular flexibility index (Phi) is 6.33. The average molecular weight is 478 g/mol. The predicted octanol–water partition coefficient (Wildman–Crippen LogP) is 6.48. The quantitative estimate of drug-likeness (QED) is 0.132. The highest BCUT2D eigenvalue weighted by Crippen LogP contribution is 2.42. The first-order valence-corrected chi connectivity index (χ1v) is 11.6. The molecular formula is C30H23NO5. The molecule has 4 aromatic rings. The van der Waals surface area contributed by atoms with Crippen LogP contribution in [0.15, 0.2) is 109 Å². The summed E-state index contributed by atoms with van der Waals surface area (Å²) in [6.45, 7) is 0. The van der Waals surface area contributed by atoms with Gasteiger partial charge in [0, 0.05) is 35.2 Å². The molecule has 0 bridgehead atoms. The molecule has 5 rings (SSSR count). The van der Waals surface area contributed by atoms with E-state index < -0.39 is 16.5 Å². The molecule has 0 radical (unpaired) electrons. The van der Waals surface area contributed by atoms with Gasteiger partial charge in [0.1, 0.15) is 11.5 Å². The Bertz CT molecular complexity index is 1370. The summed E-state index contributed by atoms with van der Waals surface area (Å²) in [4.78, 5) is 22.6. The number of benzene rings is 4. The number of ether oxygens (including phenoxy) is 2. The van der Waals surface area contributed by atoms with Crippen LogP contribution in [0.3, 0.4) is 0 Å². The number of nitro benzene ring substituents is 1. The second-order valence-corrected chi connectivity index (χ2v) is 8.50. The van der Waals surface area contributed by atoms with E-state index in [0.717, 1.165) is 28.0 Å². The Morgan fingerprint density at radius 3 is 2.11 bits per heavy atom. The van der Waals surface area contributed by atoms with Crippen LogP contribution in [0.25, 0.3) is 6.08 Å². The SMILES string of the molecule is O=C(CCc1ccc2c(c1)C=CC(c1ccccc1)(c1ccccc1)O2)Oc1ccc([N+](=O)[O-])cc1. The van der Waals surface area contributed by atoms with Crippen molar-refractivity contribution >= 4 is 17.7 Å². The van der Waals surface area contributed by atoms with Crippen molar-refractivity contribution in [2.45, 2.75) is 18.4 Å². The van der Waals surface area contributed by atoms with Crippen LogP contribution in [0.2, 0.25) is 0 Å². The standard InChI is InChI=1S/C30H23NO5/c32-29(35-27-15-13-26(14-16-27)31(33)34)18-12-22-11-17-28-23(21-22)19-20-30(36-28,24-7-3-1-4-8-24)25-9-5-2-6-10-25/h1-11,13-17,19-21H,12,18H2. The lowest BCUT2D eigenvalue weighted by molar-refractivity contribution is -0.384. The monoisotopic (exact) mass is 477 g/mol. The van der Waals surface area contributed by atoms with E-state index in [-0.39, 0.29) is 17.9 Å². The van der Waals surface area contributed by atoms with Gasteiger partial charge in [0.25, 0.3) is 5.69 Å². The Balaban J connectivity index is 1.30. The van der Waals surface area contributed by atoms with Gasteiger partial charge < -0.3 is 9.47 Å². The van der Waals surface area contributed by atoms with E-state index in [1.54, 1.807) is 0 Å². The van der Waals surface area contributed by atoms with Gasteiger partial charge in [-0.05, 0) is 42.3 Å². The molecule has 0 atom stereocenters. The van der Waals surface area contributed by atoms with Gasteiger partial charge in [0.05, 0.1) is 4.92 Å². The molecule has 0 saturated carbocycles. The van der Waals surface area contributed by atoms with Gasteiger partial charge in [-0.3, -0.25) is 14.9 Å². The van der Waals surface area contributed by atoms with Crippen molar-refractivity contribution in [3.05, 3.63) is 142 Å². The minimum Gasteiger partial charge on any atom is -0.473 e. The van der Waals surface area contributed by atoms with Crippen molar-refractivity contribution in [3.63, 3.8) is 0 Å². The Morgan fingerprint density at radius 2 is 1.50 bits per heavy atom. The van der Waals surface area contributed by atoms with Gasteiger partial charge >= 0.3 is 5.97 Å². The number of fused-ring (bicyclic) bond motifs is 1. The lowest BCUT2D eigenvalue weighted by atomic mass is 9.83.